The molecule has 0 aliphatic heterocycles. The van der Waals surface area contributed by atoms with E-state index in [2.05, 4.69) is 59.8 Å². The van der Waals surface area contributed by atoms with Gasteiger partial charge in [0.1, 0.15) is 0 Å². The topological polar surface area (TPSA) is 66.9 Å². The Bertz CT molecular complexity index is 1250. The van der Waals surface area contributed by atoms with E-state index in [-0.39, 0.29) is 5.91 Å². The van der Waals surface area contributed by atoms with Gasteiger partial charge in [0.05, 0.1) is 11.4 Å². The third-order valence-electron chi connectivity index (χ3n) is 5.14. The quantitative estimate of drug-likeness (QED) is 0.360. The average Bonchev–Trinajstić information content (AvgIpc) is 2.81. The van der Waals surface area contributed by atoms with Crippen molar-refractivity contribution in [1.29, 1.82) is 0 Å². The van der Waals surface area contributed by atoms with Crippen LogP contribution in [0.1, 0.15) is 35.0 Å². The number of nitrogens with zero attached hydrogens (tertiary/aromatic N) is 2. The van der Waals surface area contributed by atoms with E-state index >= 15 is 0 Å². The number of amides is 1. The third-order valence-corrected chi connectivity index (χ3v) is 6.23. The van der Waals surface area contributed by atoms with Crippen LogP contribution in [0.3, 0.4) is 0 Å². The molecule has 4 aromatic rings. The van der Waals surface area contributed by atoms with E-state index in [1.54, 1.807) is 25.0 Å². The zero-order chi connectivity index (χ0) is 22.5. The fraction of sp³-hybridized carbons (Fsp3) is 0.192. The van der Waals surface area contributed by atoms with Crippen molar-refractivity contribution in [3.8, 4) is 0 Å². The van der Waals surface area contributed by atoms with Crippen molar-refractivity contribution in [2.45, 2.75) is 36.5 Å². The summed E-state index contributed by atoms with van der Waals surface area (Å²) in [5, 5.41) is 7.25. The molecule has 2 aromatic heterocycles. The number of benzene rings is 2. The maximum absolute atomic E-state index is 11.8. The Kier molecular flexibility index (Phi) is 6.71. The summed E-state index contributed by atoms with van der Waals surface area (Å²) in [5.74, 6) is -0.0838. The molecular weight excluding hydrogens is 416 g/mol. The molecule has 0 aliphatic rings. The first-order valence-electron chi connectivity index (χ1n) is 10.7. The first-order chi connectivity index (χ1) is 15.6. The third kappa shape index (κ3) is 4.92. The Morgan fingerprint density at radius 2 is 1.81 bits per heavy atom. The first-order valence-corrected chi connectivity index (χ1v) is 11.5. The number of anilines is 2. The summed E-state index contributed by atoms with van der Waals surface area (Å²) in [7, 11) is 1.64. The molecule has 0 bridgehead atoms. The Morgan fingerprint density at radius 3 is 2.56 bits per heavy atom. The number of carbonyl (C=O) groups is 1. The molecule has 2 heterocycles. The summed E-state index contributed by atoms with van der Waals surface area (Å²) in [6.07, 6.45) is 3.81. The second-order valence-corrected chi connectivity index (χ2v) is 8.73. The molecule has 162 valence electrons. The first kappa shape index (κ1) is 21.8. The van der Waals surface area contributed by atoms with Gasteiger partial charge in [0.2, 0.25) is 0 Å². The zero-order valence-corrected chi connectivity index (χ0v) is 19.3. The lowest BCUT2D eigenvalue weighted by Crippen LogP contribution is -2.17. The Hall–Kier alpha value is -3.38. The summed E-state index contributed by atoms with van der Waals surface area (Å²) in [6.45, 7) is 4.24. The van der Waals surface area contributed by atoms with Crippen molar-refractivity contribution < 1.29 is 4.79 Å². The molecule has 0 saturated heterocycles. The van der Waals surface area contributed by atoms with E-state index < -0.39 is 0 Å². The number of aryl methyl sites for hydroxylation is 2. The van der Waals surface area contributed by atoms with Gasteiger partial charge >= 0.3 is 0 Å². The van der Waals surface area contributed by atoms with Gasteiger partial charge in [-0.15, -0.1) is 0 Å². The Morgan fingerprint density at radius 1 is 1.00 bits per heavy atom. The highest BCUT2D eigenvalue weighted by Crippen LogP contribution is 2.36. The number of pyridine rings is 2. The van der Waals surface area contributed by atoms with E-state index in [0.29, 0.717) is 5.56 Å². The van der Waals surface area contributed by atoms with Crippen molar-refractivity contribution in [2.24, 2.45) is 0 Å². The molecule has 0 radical (unpaired) electrons. The lowest BCUT2D eigenvalue weighted by atomic mass is 10.1. The van der Waals surface area contributed by atoms with Crippen molar-refractivity contribution in [1.82, 2.24) is 15.3 Å². The molecule has 32 heavy (non-hydrogen) atoms. The van der Waals surface area contributed by atoms with Crippen molar-refractivity contribution >= 4 is 40.1 Å². The highest BCUT2D eigenvalue weighted by molar-refractivity contribution is 7.99. The molecule has 0 atom stereocenters. The molecule has 2 aromatic carbocycles. The maximum atomic E-state index is 11.8. The van der Waals surface area contributed by atoms with Gasteiger partial charge < -0.3 is 10.6 Å². The Balaban J connectivity index is 1.64. The van der Waals surface area contributed by atoms with E-state index in [9.17, 15) is 4.79 Å². The predicted octanol–water partition coefficient (Wildman–Crippen LogP) is 6.15. The molecule has 2 N–H and O–H groups in total. The summed E-state index contributed by atoms with van der Waals surface area (Å²) in [4.78, 5) is 23.2. The lowest BCUT2D eigenvalue weighted by molar-refractivity contribution is 0.0963. The van der Waals surface area contributed by atoms with Gasteiger partial charge in [0, 0.05) is 39.7 Å². The minimum Gasteiger partial charge on any atom is -0.355 e. The van der Waals surface area contributed by atoms with E-state index in [1.165, 1.54) is 5.56 Å². The van der Waals surface area contributed by atoms with Crippen LogP contribution in [0.15, 0.2) is 76.7 Å². The van der Waals surface area contributed by atoms with Crippen LogP contribution in [0, 0.1) is 6.92 Å². The van der Waals surface area contributed by atoms with Gasteiger partial charge in [-0.05, 0) is 73.5 Å². The largest absolute Gasteiger partial charge is 0.355 e. The van der Waals surface area contributed by atoms with E-state index in [4.69, 9.17) is 4.98 Å². The number of fused-ring (bicyclic) bond motifs is 1. The van der Waals surface area contributed by atoms with Crippen LogP contribution >= 0.6 is 11.8 Å². The summed E-state index contributed by atoms with van der Waals surface area (Å²) in [5.41, 5.74) is 5.65. The van der Waals surface area contributed by atoms with Crippen molar-refractivity contribution in [3.63, 3.8) is 0 Å². The number of hydrogen-bond acceptors (Lipinski definition) is 5. The number of hydrogen-bond donors (Lipinski definition) is 2. The molecule has 0 unspecified atom stereocenters. The summed E-state index contributed by atoms with van der Waals surface area (Å²) in [6, 6.07) is 20.2. The highest BCUT2D eigenvalue weighted by Gasteiger charge is 2.10. The van der Waals surface area contributed by atoms with Gasteiger partial charge in [-0.3, -0.25) is 4.79 Å². The SMILES string of the molecule is CCCc1ccc2c(Nc3cc(C)ccc3Sc3ccc(C(=O)NC)cc3)ccnc2n1. The average molecular weight is 443 g/mol. The molecule has 0 spiro atoms. The van der Waals surface area contributed by atoms with Gasteiger partial charge in [0.25, 0.3) is 5.91 Å². The van der Waals surface area contributed by atoms with E-state index in [1.807, 2.05) is 30.3 Å². The molecule has 0 fully saturated rings. The minimum absolute atomic E-state index is 0.0838. The van der Waals surface area contributed by atoms with Crippen LogP contribution in [0.5, 0.6) is 0 Å². The highest BCUT2D eigenvalue weighted by atomic mass is 32.2. The lowest BCUT2D eigenvalue weighted by Gasteiger charge is -2.15. The molecule has 4 rings (SSSR count). The standard InChI is InChI=1S/C26H26N4OS/c1-4-5-19-9-12-21-22(14-15-28-25(21)29-19)30-23-16-17(2)6-13-24(23)32-20-10-7-18(8-11-20)26(31)27-3/h6-16H,4-5H2,1-3H3,(H,27,31)(H,28,29,30). The number of nitrogens with one attached hydrogen (secondary N) is 2. The molecule has 5 nitrogen and oxygen atoms in total. The van der Waals surface area contributed by atoms with Crippen LogP contribution in [0.2, 0.25) is 0 Å². The van der Waals surface area contributed by atoms with Crippen LogP contribution in [-0.4, -0.2) is 22.9 Å². The molecular formula is C26H26N4OS. The molecule has 0 saturated carbocycles. The zero-order valence-electron chi connectivity index (χ0n) is 18.5. The van der Waals surface area contributed by atoms with Crippen molar-refractivity contribution in [2.75, 3.05) is 12.4 Å². The summed E-state index contributed by atoms with van der Waals surface area (Å²) < 4.78 is 0. The van der Waals surface area contributed by atoms with Gasteiger partial charge in [-0.25, -0.2) is 9.97 Å². The smallest absolute Gasteiger partial charge is 0.251 e. The fourth-order valence-electron chi connectivity index (χ4n) is 3.49. The second kappa shape index (κ2) is 9.83. The molecule has 1 amide bonds. The fourth-order valence-corrected chi connectivity index (χ4v) is 4.38. The molecule has 6 heteroatoms. The number of carbonyl (C=O) groups excluding carboxylic acids is 1. The monoisotopic (exact) mass is 442 g/mol. The van der Waals surface area contributed by atoms with Crippen LogP contribution in [0.25, 0.3) is 11.0 Å². The van der Waals surface area contributed by atoms with Crippen LogP contribution in [-0.2, 0) is 6.42 Å². The van der Waals surface area contributed by atoms with Gasteiger partial charge in [0.15, 0.2) is 5.65 Å². The van der Waals surface area contributed by atoms with Crippen molar-refractivity contribution in [3.05, 3.63) is 83.7 Å². The van der Waals surface area contributed by atoms with Crippen LogP contribution in [0.4, 0.5) is 11.4 Å². The normalized spacial score (nSPS) is 10.8. The van der Waals surface area contributed by atoms with E-state index in [0.717, 1.165) is 50.7 Å². The van der Waals surface area contributed by atoms with Gasteiger partial charge in [-0.2, -0.15) is 0 Å². The van der Waals surface area contributed by atoms with Gasteiger partial charge in [-0.1, -0.05) is 31.2 Å². The minimum atomic E-state index is -0.0838. The second-order valence-electron chi connectivity index (χ2n) is 7.61. The summed E-state index contributed by atoms with van der Waals surface area (Å²) >= 11 is 1.66. The number of rotatable bonds is 7. The molecule has 0 aliphatic carbocycles. The predicted molar refractivity (Wildman–Crippen MR) is 132 cm³/mol. The Labute approximate surface area is 192 Å². The maximum Gasteiger partial charge on any atom is 0.251 e. The van der Waals surface area contributed by atoms with Crippen LogP contribution < -0.4 is 10.6 Å². The number of aromatic nitrogens is 2.